The van der Waals surface area contributed by atoms with E-state index in [0.29, 0.717) is 34.5 Å². The van der Waals surface area contributed by atoms with Crippen molar-refractivity contribution in [2.45, 2.75) is 19.4 Å². The maximum Gasteiger partial charge on any atom is 0.270 e. The number of nitrogens with zero attached hydrogens (tertiary/aromatic N) is 1. The van der Waals surface area contributed by atoms with Crippen LogP contribution in [0, 0.1) is 17.6 Å². The minimum atomic E-state index is -0.645. The Morgan fingerprint density at radius 2 is 1.93 bits per heavy atom. The fourth-order valence-electron chi connectivity index (χ4n) is 2.78. The largest absolute Gasteiger partial charge is 0.488 e. The van der Waals surface area contributed by atoms with E-state index in [9.17, 15) is 13.6 Å². The molecule has 0 saturated heterocycles. The Morgan fingerprint density at radius 3 is 2.68 bits per heavy atom. The van der Waals surface area contributed by atoms with Crippen LogP contribution in [-0.4, -0.2) is 17.4 Å². The zero-order chi connectivity index (χ0) is 19.5. The van der Waals surface area contributed by atoms with Gasteiger partial charge in [0.2, 0.25) is 0 Å². The van der Waals surface area contributed by atoms with Crippen LogP contribution in [0.25, 0.3) is 10.6 Å². The van der Waals surface area contributed by atoms with Gasteiger partial charge in [-0.25, -0.2) is 13.8 Å². The molecule has 0 bridgehead atoms. The topological polar surface area (TPSA) is 51.2 Å². The number of carbonyl (C=O) groups excluding carboxylic acids is 1. The van der Waals surface area contributed by atoms with Crippen molar-refractivity contribution < 1.29 is 18.3 Å². The predicted octanol–water partition coefficient (Wildman–Crippen LogP) is 4.81. The molecule has 1 aliphatic rings. The van der Waals surface area contributed by atoms with Gasteiger partial charge in [-0.2, -0.15) is 0 Å². The number of halogens is 2. The Labute approximate surface area is 165 Å². The monoisotopic (exact) mass is 400 g/mol. The molecule has 2 aromatic carbocycles. The van der Waals surface area contributed by atoms with E-state index in [0.717, 1.165) is 11.6 Å². The Morgan fingerprint density at radius 1 is 1.18 bits per heavy atom. The van der Waals surface area contributed by atoms with Crippen molar-refractivity contribution in [2.75, 3.05) is 6.54 Å². The van der Waals surface area contributed by atoms with Gasteiger partial charge < -0.3 is 10.1 Å². The van der Waals surface area contributed by atoms with E-state index >= 15 is 0 Å². The van der Waals surface area contributed by atoms with Crippen molar-refractivity contribution in [3.63, 3.8) is 0 Å². The van der Waals surface area contributed by atoms with Crippen LogP contribution >= 0.6 is 11.3 Å². The molecule has 1 aromatic heterocycles. The number of para-hydroxylation sites is 1. The molecular formula is C21H18F2N2O2S. The summed E-state index contributed by atoms with van der Waals surface area (Å²) in [5.74, 6) is -0.333. The Kier molecular flexibility index (Phi) is 5.34. The molecule has 4 rings (SSSR count). The molecule has 1 aliphatic carbocycles. The van der Waals surface area contributed by atoms with Crippen LogP contribution in [0.4, 0.5) is 8.78 Å². The van der Waals surface area contributed by atoms with Crippen molar-refractivity contribution in [1.29, 1.82) is 0 Å². The van der Waals surface area contributed by atoms with Crippen molar-refractivity contribution in [3.8, 4) is 16.3 Å². The highest BCUT2D eigenvalue weighted by atomic mass is 32.1. The molecule has 1 fully saturated rings. The van der Waals surface area contributed by atoms with Gasteiger partial charge in [0.1, 0.15) is 34.7 Å². The predicted molar refractivity (Wildman–Crippen MR) is 103 cm³/mol. The Balaban J connectivity index is 1.48. The van der Waals surface area contributed by atoms with Crippen molar-refractivity contribution in [3.05, 3.63) is 70.7 Å². The Hall–Kier alpha value is -2.80. The fraction of sp³-hybridized carbons (Fsp3) is 0.238. The van der Waals surface area contributed by atoms with Gasteiger partial charge in [-0.05, 0) is 48.6 Å². The van der Waals surface area contributed by atoms with Crippen LogP contribution in [0.3, 0.4) is 0 Å². The third-order valence-electron chi connectivity index (χ3n) is 4.42. The number of benzene rings is 2. The van der Waals surface area contributed by atoms with E-state index in [1.807, 2.05) is 18.2 Å². The van der Waals surface area contributed by atoms with E-state index in [1.165, 1.54) is 36.3 Å². The summed E-state index contributed by atoms with van der Waals surface area (Å²) in [4.78, 5) is 16.6. The molecule has 0 atom stereocenters. The van der Waals surface area contributed by atoms with Gasteiger partial charge in [0, 0.05) is 18.0 Å². The molecular weight excluding hydrogens is 382 g/mol. The minimum absolute atomic E-state index is 0.0196. The van der Waals surface area contributed by atoms with E-state index < -0.39 is 11.6 Å². The summed E-state index contributed by atoms with van der Waals surface area (Å²) in [7, 11) is 0. The summed E-state index contributed by atoms with van der Waals surface area (Å²) in [6, 6.07) is 10.5. The van der Waals surface area contributed by atoms with Crippen LogP contribution in [0.5, 0.6) is 5.75 Å². The minimum Gasteiger partial charge on any atom is -0.488 e. The lowest BCUT2D eigenvalue weighted by atomic mass is 10.2. The SMILES string of the molecule is O=C(NCC1CC1)c1csc(-c2ccccc2OCc2cc(F)cc(F)c2)n1. The third-order valence-corrected chi connectivity index (χ3v) is 5.29. The van der Waals surface area contributed by atoms with E-state index in [-0.39, 0.29) is 12.5 Å². The van der Waals surface area contributed by atoms with Crippen LogP contribution in [0.2, 0.25) is 0 Å². The van der Waals surface area contributed by atoms with E-state index in [4.69, 9.17) is 4.74 Å². The molecule has 1 heterocycles. The zero-order valence-corrected chi connectivity index (χ0v) is 15.8. The lowest BCUT2D eigenvalue weighted by molar-refractivity contribution is 0.0947. The van der Waals surface area contributed by atoms with Crippen LogP contribution in [-0.2, 0) is 6.61 Å². The first kappa shape index (κ1) is 18.6. The smallest absolute Gasteiger partial charge is 0.270 e. The number of hydrogen-bond donors (Lipinski definition) is 1. The first-order valence-electron chi connectivity index (χ1n) is 8.99. The molecule has 7 heteroatoms. The second-order valence-electron chi connectivity index (χ2n) is 6.75. The molecule has 28 heavy (non-hydrogen) atoms. The molecule has 1 amide bonds. The molecule has 3 aromatic rings. The standard InChI is InChI=1S/C21H18F2N2O2S/c22-15-7-14(8-16(23)9-15)11-27-19-4-2-1-3-17(19)21-25-18(12-28-21)20(26)24-10-13-5-6-13/h1-4,7-9,12-13H,5-6,10-11H2,(H,24,26). The number of rotatable bonds is 7. The summed E-state index contributed by atoms with van der Waals surface area (Å²) in [6.45, 7) is 0.710. The second-order valence-corrected chi connectivity index (χ2v) is 7.61. The molecule has 1 N–H and O–H groups in total. The average molecular weight is 400 g/mol. The summed E-state index contributed by atoms with van der Waals surface area (Å²) in [5, 5.41) is 5.27. The highest BCUT2D eigenvalue weighted by Gasteiger charge is 2.22. The summed E-state index contributed by atoms with van der Waals surface area (Å²) in [6.07, 6.45) is 2.34. The maximum absolute atomic E-state index is 13.4. The molecule has 0 unspecified atom stereocenters. The maximum atomic E-state index is 13.4. The lowest BCUT2D eigenvalue weighted by Crippen LogP contribution is -2.25. The summed E-state index contributed by atoms with van der Waals surface area (Å²) in [5.41, 5.74) is 1.50. The number of amides is 1. The van der Waals surface area contributed by atoms with Gasteiger partial charge in [0.05, 0.1) is 5.56 Å². The van der Waals surface area contributed by atoms with Crippen molar-refractivity contribution in [1.82, 2.24) is 10.3 Å². The molecule has 0 aliphatic heterocycles. The first-order valence-corrected chi connectivity index (χ1v) is 9.87. The molecule has 0 radical (unpaired) electrons. The quantitative estimate of drug-likeness (QED) is 0.619. The Bertz CT molecular complexity index is 981. The second kappa shape index (κ2) is 8.06. The number of carbonyl (C=O) groups is 1. The molecule has 144 valence electrons. The zero-order valence-electron chi connectivity index (χ0n) is 15.0. The molecule has 0 spiro atoms. The fourth-order valence-corrected chi connectivity index (χ4v) is 3.61. The van der Waals surface area contributed by atoms with Gasteiger partial charge in [0.25, 0.3) is 5.91 Å². The molecule has 4 nitrogen and oxygen atoms in total. The number of ether oxygens (including phenoxy) is 1. The first-order chi connectivity index (χ1) is 13.6. The van der Waals surface area contributed by atoms with Crippen molar-refractivity contribution >= 4 is 17.2 Å². The number of aromatic nitrogens is 1. The molecule has 1 saturated carbocycles. The van der Waals surface area contributed by atoms with E-state index in [2.05, 4.69) is 10.3 Å². The summed E-state index contributed by atoms with van der Waals surface area (Å²) < 4.78 is 32.5. The van der Waals surface area contributed by atoms with Gasteiger partial charge in [-0.3, -0.25) is 4.79 Å². The highest BCUT2D eigenvalue weighted by molar-refractivity contribution is 7.13. The summed E-state index contributed by atoms with van der Waals surface area (Å²) >= 11 is 1.35. The number of hydrogen-bond acceptors (Lipinski definition) is 4. The van der Waals surface area contributed by atoms with Crippen LogP contribution in [0.1, 0.15) is 28.9 Å². The number of thiazole rings is 1. The van der Waals surface area contributed by atoms with Gasteiger partial charge >= 0.3 is 0 Å². The van der Waals surface area contributed by atoms with Crippen LogP contribution < -0.4 is 10.1 Å². The van der Waals surface area contributed by atoms with Crippen molar-refractivity contribution in [2.24, 2.45) is 5.92 Å². The van der Waals surface area contributed by atoms with Gasteiger partial charge in [0.15, 0.2) is 0 Å². The normalized spacial score (nSPS) is 13.4. The number of nitrogens with one attached hydrogen (secondary N) is 1. The van der Waals surface area contributed by atoms with Gasteiger partial charge in [-0.1, -0.05) is 12.1 Å². The van der Waals surface area contributed by atoms with Gasteiger partial charge in [-0.15, -0.1) is 11.3 Å². The average Bonchev–Trinajstić information content (AvgIpc) is 3.38. The van der Waals surface area contributed by atoms with Crippen LogP contribution in [0.15, 0.2) is 47.8 Å². The third kappa shape index (κ3) is 4.54. The van der Waals surface area contributed by atoms with E-state index in [1.54, 1.807) is 11.4 Å². The lowest BCUT2D eigenvalue weighted by Gasteiger charge is -2.10. The highest BCUT2D eigenvalue weighted by Crippen LogP contribution is 2.33.